The van der Waals surface area contributed by atoms with Crippen molar-refractivity contribution in [3.63, 3.8) is 0 Å². The number of amides is 1. The highest BCUT2D eigenvalue weighted by molar-refractivity contribution is 5.80. The minimum absolute atomic E-state index is 0.0585. The molecular formula is C24H27FN6O. The first-order chi connectivity index (χ1) is 15.6. The third-order valence-electron chi connectivity index (χ3n) is 6.48. The van der Waals surface area contributed by atoms with Gasteiger partial charge in [0, 0.05) is 38.4 Å². The maximum atomic E-state index is 14.1. The molecule has 0 saturated carbocycles. The maximum absolute atomic E-state index is 14.1. The average molecular weight is 435 g/mol. The molecule has 1 amide bonds. The largest absolute Gasteiger partial charge is 0.341 e. The predicted molar refractivity (Wildman–Crippen MR) is 119 cm³/mol. The van der Waals surface area contributed by atoms with Gasteiger partial charge < -0.3 is 9.80 Å². The van der Waals surface area contributed by atoms with Gasteiger partial charge in [-0.1, -0.05) is 18.2 Å². The van der Waals surface area contributed by atoms with Crippen LogP contribution in [-0.2, 0) is 18.3 Å². The van der Waals surface area contributed by atoms with E-state index in [0.29, 0.717) is 12.1 Å². The van der Waals surface area contributed by atoms with Crippen molar-refractivity contribution in [2.75, 3.05) is 24.5 Å². The van der Waals surface area contributed by atoms with Crippen molar-refractivity contribution >= 4 is 11.9 Å². The normalized spacial score (nSPS) is 18.5. The molecule has 166 valence electrons. The number of rotatable bonds is 5. The zero-order valence-electron chi connectivity index (χ0n) is 18.2. The molecule has 2 saturated heterocycles. The Hall–Kier alpha value is -3.29. The second kappa shape index (κ2) is 8.68. The molecule has 0 N–H and O–H groups in total. The minimum Gasteiger partial charge on any atom is -0.341 e. The van der Waals surface area contributed by atoms with Crippen molar-refractivity contribution in [3.8, 4) is 11.3 Å². The van der Waals surface area contributed by atoms with Crippen LogP contribution in [0, 0.1) is 5.82 Å². The molecule has 1 aromatic carbocycles. The summed E-state index contributed by atoms with van der Waals surface area (Å²) in [6.45, 7) is 2.61. The number of nitrogens with zero attached hydrogens (tertiary/aromatic N) is 6. The molecule has 7 nitrogen and oxygen atoms in total. The SMILES string of the molecule is Cn1ncc(-c2ccnc(N3CCCC3)n2)c1[C@@H]1CCCN1C(=O)Cc1ccccc1F. The lowest BCUT2D eigenvalue weighted by atomic mass is 10.0. The second-order valence-electron chi connectivity index (χ2n) is 8.52. The lowest BCUT2D eigenvalue weighted by Crippen LogP contribution is -2.33. The van der Waals surface area contributed by atoms with Crippen LogP contribution in [-0.4, -0.2) is 50.2 Å². The van der Waals surface area contributed by atoms with Crippen molar-refractivity contribution < 1.29 is 9.18 Å². The van der Waals surface area contributed by atoms with Crippen LogP contribution in [0.3, 0.4) is 0 Å². The van der Waals surface area contributed by atoms with Crippen molar-refractivity contribution in [3.05, 3.63) is 59.8 Å². The Morgan fingerprint density at radius 2 is 1.94 bits per heavy atom. The van der Waals surface area contributed by atoms with Gasteiger partial charge in [-0.15, -0.1) is 0 Å². The van der Waals surface area contributed by atoms with Gasteiger partial charge in [-0.25, -0.2) is 14.4 Å². The summed E-state index contributed by atoms with van der Waals surface area (Å²) in [6, 6.07) is 8.27. The molecule has 0 aliphatic carbocycles. The summed E-state index contributed by atoms with van der Waals surface area (Å²) < 4.78 is 16.0. The smallest absolute Gasteiger partial charge is 0.227 e. The summed E-state index contributed by atoms with van der Waals surface area (Å²) >= 11 is 0. The van der Waals surface area contributed by atoms with Gasteiger partial charge in [0.15, 0.2) is 0 Å². The third-order valence-corrected chi connectivity index (χ3v) is 6.48. The zero-order valence-corrected chi connectivity index (χ0v) is 18.2. The Bertz CT molecular complexity index is 1120. The first kappa shape index (κ1) is 20.6. The molecule has 1 atom stereocenters. The molecule has 5 rings (SSSR count). The van der Waals surface area contributed by atoms with Crippen LogP contribution in [0.5, 0.6) is 0 Å². The second-order valence-corrected chi connectivity index (χ2v) is 8.52. The monoisotopic (exact) mass is 434 g/mol. The molecule has 3 aromatic rings. The van der Waals surface area contributed by atoms with Crippen LogP contribution in [0.2, 0.25) is 0 Å². The molecule has 0 bridgehead atoms. The summed E-state index contributed by atoms with van der Waals surface area (Å²) in [5.41, 5.74) is 3.14. The van der Waals surface area contributed by atoms with Crippen molar-refractivity contribution in [1.29, 1.82) is 0 Å². The molecule has 32 heavy (non-hydrogen) atoms. The maximum Gasteiger partial charge on any atom is 0.227 e. The molecule has 2 fully saturated rings. The van der Waals surface area contributed by atoms with E-state index in [4.69, 9.17) is 4.98 Å². The van der Waals surface area contributed by atoms with Gasteiger partial charge in [0.05, 0.1) is 30.0 Å². The van der Waals surface area contributed by atoms with E-state index in [9.17, 15) is 9.18 Å². The fourth-order valence-corrected chi connectivity index (χ4v) is 4.86. The van der Waals surface area contributed by atoms with Crippen LogP contribution in [0.1, 0.15) is 43.0 Å². The topological polar surface area (TPSA) is 67.2 Å². The fourth-order valence-electron chi connectivity index (χ4n) is 4.86. The number of anilines is 1. The van der Waals surface area contributed by atoms with E-state index >= 15 is 0 Å². The van der Waals surface area contributed by atoms with Gasteiger partial charge in [-0.2, -0.15) is 5.10 Å². The van der Waals surface area contributed by atoms with Crippen LogP contribution in [0.15, 0.2) is 42.7 Å². The Labute approximate surface area is 186 Å². The Morgan fingerprint density at radius 3 is 2.75 bits per heavy atom. The lowest BCUT2D eigenvalue weighted by Gasteiger charge is -2.26. The highest BCUT2D eigenvalue weighted by atomic mass is 19.1. The number of hydrogen-bond acceptors (Lipinski definition) is 5. The Balaban J connectivity index is 1.44. The molecule has 2 aromatic heterocycles. The van der Waals surface area contributed by atoms with E-state index < -0.39 is 0 Å². The molecular weight excluding hydrogens is 407 g/mol. The molecule has 0 radical (unpaired) electrons. The van der Waals surface area contributed by atoms with E-state index in [2.05, 4.69) is 15.0 Å². The van der Waals surface area contributed by atoms with E-state index in [1.165, 1.54) is 6.07 Å². The summed E-state index contributed by atoms with van der Waals surface area (Å²) in [6.07, 6.45) is 7.75. The van der Waals surface area contributed by atoms with Gasteiger partial charge >= 0.3 is 0 Å². The van der Waals surface area contributed by atoms with E-state index in [-0.39, 0.29) is 24.2 Å². The minimum atomic E-state index is -0.340. The van der Waals surface area contributed by atoms with Crippen molar-refractivity contribution in [1.82, 2.24) is 24.6 Å². The van der Waals surface area contributed by atoms with Crippen LogP contribution in [0.4, 0.5) is 10.3 Å². The molecule has 4 heterocycles. The van der Waals surface area contributed by atoms with Crippen LogP contribution < -0.4 is 4.90 Å². The first-order valence-electron chi connectivity index (χ1n) is 11.2. The number of hydrogen-bond donors (Lipinski definition) is 0. The Morgan fingerprint density at radius 1 is 1.12 bits per heavy atom. The molecule has 2 aliphatic heterocycles. The van der Waals surface area contributed by atoms with Crippen LogP contribution in [0.25, 0.3) is 11.3 Å². The summed E-state index contributed by atoms with van der Waals surface area (Å²) in [4.78, 5) is 26.5. The van der Waals surface area contributed by atoms with Crippen LogP contribution >= 0.6 is 0 Å². The van der Waals surface area contributed by atoms with E-state index in [1.807, 2.05) is 28.9 Å². The molecule has 2 aliphatic rings. The molecule has 8 heteroatoms. The number of carbonyl (C=O) groups excluding carboxylic acids is 1. The lowest BCUT2D eigenvalue weighted by molar-refractivity contribution is -0.131. The Kier molecular flexibility index (Phi) is 5.59. The van der Waals surface area contributed by atoms with Crippen molar-refractivity contribution in [2.45, 2.75) is 38.1 Å². The fraction of sp³-hybridized carbons (Fsp3) is 0.417. The van der Waals surface area contributed by atoms with E-state index in [1.54, 1.807) is 24.4 Å². The highest BCUT2D eigenvalue weighted by Crippen LogP contribution is 2.37. The van der Waals surface area contributed by atoms with Gasteiger partial charge in [-0.05, 0) is 43.4 Å². The van der Waals surface area contributed by atoms with Gasteiger partial charge in [0.1, 0.15) is 5.82 Å². The average Bonchev–Trinajstić information content (AvgIpc) is 3.56. The summed E-state index contributed by atoms with van der Waals surface area (Å²) in [5.74, 6) is 0.340. The standard InChI is InChI=1S/C24H27FN6O/c1-29-23(18(16-27-29)20-10-11-26-24(28-20)30-12-4-5-13-30)21-9-6-14-31(21)22(32)15-17-7-2-3-8-19(17)25/h2-3,7-8,10-11,16,21H,4-6,9,12-15H2,1H3/t21-/m0/s1. The number of likely N-dealkylation sites (tertiary alicyclic amines) is 1. The first-order valence-corrected chi connectivity index (χ1v) is 11.2. The number of aryl methyl sites for hydroxylation is 1. The third kappa shape index (κ3) is 3.85. The zero-order chi connectivity index (χ0) is 22.1. The predicted octanol–water partition coefficient (Wildman–Crippen LogP) is 3.52. The number of benzene rings is 1. The molecule has 0 spiro atoms. The molecule has 0 unspecified atom stereocenters. The summed E-state index contributed by atoms with van der Waals surface area (Å²) in [5, 5.41) is 4.50. The van der Waals surface area contributed by atoms with Gasteiger partial charge in [-0.3, -0.25) is 9.48 Å². The van der Waals surface area contributed by atoms with Gasteiger partial charge in [0.2, 0.25) is 11.9 Å². The number of carbonyl (C=O) groups is 1. The highest BCUT2D eigenvalue weighted by Gasteiger charge is 2.34. The number of halogens is 1. The van der Waals surface area contributed by atoms with E-state index in [0.717, 1.165) is 61.7 Å². The van der Waals surface area contributed by atoms with Crippen molar-refractivity contribution in [2.24, 2.45) is 7.05 Å². The quantitative estimate of drug-likeness (QED) is 0.615. The summed E-state index contributed by atoms with van der Waals surface area (Å²) in [7, 11) is 1.90. The number of aromatic nitrogens is 4. The van der Waals surface area contributed by atoms with Gasteiger partial charge in [0.25, 0.3) is 0 Å².